The number of nitrogens with zero attached hydrogens (tertiary/aromatic N) is 2. The van der Waals surface area contributed by atoms with Gasteiger partial charge in [0.2, 0.25) is 5.88 Å². The molecule has 1 N–H and O–H groups in total. The molecule has 1 amide bonds. The van der Waals surface area contributed by atoms with Gasteiger partial charge in [-0.15, -0.1) is 0 Å². The third-order valence-electron chi connectivity index (χ3n) is 3.83. The normalized spacial score (nSPS) is 20.1. The van der Waals surface area contributed by atoms with Crippen molar-refractivity contribution in [3.63, 3.8) is 0 Å². The lowest BCUT2D eigenvalue weighted by Gasteiger charge is -2.34. The molecule has 0 spiro atoms. The number of hydrogen-bond donors (Lipinski definition) is 1. The molecule has 1 saturated heterocycles. The van der Waals surface area contributed by atoms with Gasteiger partial charge in [-0.25, -0.2) is 4.98 Å². The van der Waals surface area contributed by atoms with Gasteiger partial charge in [0, 0.05) is 25.2 Å². The highest BCUT2D eigenvalue weighted by Gasteiger charge is 2.27. The van der Waals surface area contributed by atoms with Gasteiger partial charge in [-0.05, 0) is 39.7 Å². The Morgan fingerprint density at radius 3 is 2.82 bits per heavy atom. The van der Waals surface area contributed by atoms with Crippen LogP contribution in [-0.4, -0.2) is 46.2 Å². The number of likely N-dealkylation sites (tertiary alicyclic amines) is 1. The maximum atomic E-state index is 12.6. The number of rotatable bonds is 4. The summed E-state index contributed by atoms with van der Waals surface area (Å²) in [6.07, 6.45) is 2.91. The highest BCUT2D eigenvalue weighted by molar-refractivity contribution is 6.32. The Labute approximate surface area is 136 Å². The Morgan fingerprint density at radius 2 is 2.23 bits per heavy atom. The van der Waals surface area contributed by atoms with Crippen LogP contribution in [-0.2, 0) is 0 Å². The first-order chi connectivity index (χ1) is 10.4. The SMILES string of the molecule is CC(C)Oc1ncc(C(=O)N2CCCC(C(C)O)C2)cc1Cl. The number of aliphatic hydroxyl groups is 1. The van der Waals surface area contributed by atoms with Crippen molar-refractivity contribution in [1.29, 1.82) is 0 Å². The highest BCUT2D eigenvalue weighted by Crippen LogP contribution is 2.26. The number of halogens is 1. The minimum Gasteiger partial charge on any atom is -0.474 e. The minimum absolute atomic E-state index is 0.0274. The van der Waals surface area contributed by atoms with E-state index in [1.807, 2.05) is 13.8 Å². The van der Waals surface area contributed by atoms with Gasteiger partial charge < -0.3 is 14.7 Å². The van der Waals surface area contributed by atoms with Crippen LogP contribution in [0.15, 0.2) is 12.3 Å². The fourth-order valence-corrected chi connectivity index (χ4v) is 2.83. The van der Waals surface area contributed by atoms with E-state index in [1.165, 1.54) is 6.20 Å². The Bertz CT molecular complexity index is 534. The van der Waals surface area contributed by atoms with Crippen molar-refractivity contribution in [1.82, 2.24) is 9.88 Å². The molecule has 0 bridgehead atoms. The zero-order valence-corrected chi connectivity index (χ0v) is 14.0. The second-order valence-electron chi connectivity index (χ2n) is 6.07. The van der Waals surface area contributed by atoms with Crippen LogP contribution in [0.25, 0.3) is 0 Å². The molecule has 2 rings (SSSR count). The zero-order valence-electron chi connectivity index (χ0n) is 13.3. The van der Waals surface area contributed by atoms with Crippen LogP contribution in [0.2, 0.25) is 5.02 Å². The van der Waals surface area contributed by atoms with Crippen LogP contribution in [0, 0.1) is 5.92 Å². The highest BCUT2D eigenvalue weighted by atomic mass is 35.5. The predicted octanol–water partition coefficient (Wildman–Crippen LogP) is 2.76. The number of carbonyl (C=O) groups excluding carboxylic acids is 1. The molecule has 1 aliphatic heterocycles. The van der Waals surface area contributed by atoms with Gasteiger partial charge >= 0.3 is 0 Å². The smallest absolute Gasteiger partial charge is 0.255 e. The van der Waals surface area contributed by atoms with Crippen molar-refractivity contribution < 1.29 is 14.6 Å². The molecule has 122 valence electrons. The number of pyridine rings is 1. The molecular weight excluding hydrogens is 304 g/mol. The van der Waals surface area contributed by atoms with Crippen LogP contribution in [0.5, 0.6) is 5.88 Å². The second-order valence-corrected chi connectivity index (χ2v) is 6.48. The lowest BCUT2D eigenvalue weighted by atomic mass is 9.93. The van der Waals surface area contributed by atoms with Gasteiger partial charge in [0.05, 0.1) is 17.8 Å². The summed E-state index contributed by atoms with van der Waals surface area (Å²) in [7, 11) is 0. The summed E-state index contributed by atoms with van der Waals surface area (Å²) in [4.78, 5) is 18.5. The predicted molar refractivity (Wildman–Crippen MR) is 85.3 cm³/mol. The van der Waals surface area contributed by atoms with Crippen molar-refractivity contribution in [3.8, 4) is 5.88 Å². The molecule has 0 aromatic carbocycles. The van der Waals surface area contributed by atoms with E-state index in [0.717, 1.165) is 12.8 Å². The molecule has 22 heavy (non-hydrogen) atoms. The average Bonchev–Trinajstić information content (AvgIpc) is 2.48. The molecule has 0 aliphatic carbocycles. The summed E-state index contributed by atoms with van der Waals surface area (Å²) in [5.74, 6) is 0.370. The Hall–Kier alpha value is -1.33. The van der Waals surface area contributed by atoms with E-state index in [2.05, 4.69) is 4.98 Å². The van der Waals surface area contributed by atoms with Crippen LogP contribution in [0.1, 0.15) is 44.0 Å². The van der Waals surface area contributed by atoms with E-state index in [1.54, 1.807) is 17.9 Å². The average molecular weight is 327 g/mol. The lowest BCUT2D eigenvalue weighted by molar-refractivity contribution is 0.0465. The summed E-state index contributed by atoms with van der Waals surface area (Å²) < 4.78 is 5.47. The molecule has 2 heterocycles. The molecule has 5 nitrogen and oxygen atoms in total. The van der Waals surface area contributed by atoms with Gasteiger partial charge in [-0.2, -0.15) is 0 Å². The van der Waals surface area contributed by atoms with Gasteiger partial charge in [0.15, 0.2) is 0 Å². The standard InChI is InChI=1S/C16H23ClN2O3/c1-10(2)22-15-14(17)7-13(8-18-15)16(21)19-6-4-5-12(9-19)11(3)20/h7-8,10-12,20H,4-6,9H2,1-3H3. The third kappa shape index (κ3) is 4.11. The van der Waals surface area contributed by atoms with Crippen molar-refractivity contribution in [2.24, 2.45) is 5.92 Å². The van der Waals surface area contributed by atoms with Crippen LogP contribution >= 0.6 is 11.6 Å². The Balaban J connectivity index is 2.10. The Morgan fingerprint density at radius 1 is 1.50 bits per heavy atom. The number of aromatic nitrogens is 1. The number of carbonyl (C=O) groups is 1. The first-order valence-corrected chi connectivity index (χ1v) is 8.05. The molecule has 0 saturated carbocycles. The monoisotopic (exact) mass is 326 g/mol. The number of ether oxygens (including phenoxy) is 1. The van der Waals surface area contributed by atoms with Crippen LogP contribution in [0.3, 0.4) is 0 Å². The summed E-state index contributed by atoms with van der Waals surface area (Å²) in [5, 5.41) is 10.1. The van der Waals surface area contributed by atoms with Gasteiger partial charge in [-0.1, -0.05) is 11.6 Å². The van der Waals surface area contributed by atoms with Crippen molar-refractivity contribution in [2.75, 3.05) is 13.1 Å². The second kappa shape index (κ2) is 7.29. The summed E-state index contributed by atoms with van der Waals surface area (Å²) in [6.45, 7) is 6.82. The topological polar surface area (TPSA) is 62.7 Å². The van der Waals surface area contributed by atoms with Crippen molar-refractivity contribution >= 4 is 17.5 Å². The largest absolute Gasteiger partial charge is 0.474 e. The number of piperidine rings is 1. The van der Waals surface area contributed by atoms with Crippen molar-refractivity contribution in [2.45, 2.75) is 45.8 Å². The molecule has 1 aliphatic rings. The number of aliphatic hydroxyl groups excluding tert-OH is 1. The quantitative estimate of drug-likeness (QED) is 0.924. The van der Waals surface area contributed by atoms with Gasteiger partial charge in [0.1, 0.15) is 5.02 Å². The molecule has 2 unspecified atom stereocenters. The first kappa shape index (κ1) is 17.0. The molecule has 0 radical (unpaired) electrons. The number of amides is 1. The minimum atomic E-state index is -0.404. The third-order valence-corrected chi connectivity index (χ3v) is 4.10. The number of hydrogen-bond acceptors (Lipinski definition) is 4. The van der Waals surface area contributed by atoms with E-state index >= 15 is 0 Å². The maximum absolute atomic E-state index is 12.6. The van der Waals surface area contributed by atoms with Gasteiger partial charge in [-0.3, -0.25) is 4.79 Å². The fourth-order valence-electron chi connectivity index (χ4n) is 2.62. The van der Waals surface area contributed by atoms with E-state index in [-0.39, 0.29) is 17.9 Å². The fraction of sp³-hybridized carbons (Fsp3) is 0.625. The molecular formula is C16H23ClN2O3. The van der Waals surface area contributed by atoms with Gasteiger partial charge in [0.25, 0.3) is 5.91 Å². The van der Waals surface area contributed by atoms with Crippen LogP contribution in [0.4, 0.5) is 0 Å². The van der Waals surface area contributed by atoms with Crippen LogP contribution < -0.4 is 4.74 Å². The van der Waals surface area contributed by atoms with E-state index < -0.39 is 6.10 Å². The summed E-state index contributed by atoms with van der Waals surface area (Å²) in [5.41, 5.74) is 0.451. The molecule has 1 aromatic heterocycles. The molecule has 1 aromatic rings. The summed E-state index contributed by atoms with van der Waals surface area (Å²) >= 11 is 6.14. The van der Waals surface area contributed by atoms with Crippen molar-refractivity contribution in [3.05, 3.63) is 22.8 Å². The zero-order chi connectivity index (χ0) is 16.3. The van der Waals surface area contributed by atoms with E-state index in [4.69, 9.17) is 16.3 Å². The van der Waals surface area contributed by atoms with E-state index in [0.29, 0.717) is 29.6 Å². The lowest BCUT2D eigenvalue weighted by Crippen LogP contribution is -2.43. The van der Waals surface area contributed by atoms with E-state index in [9.17, 15) is 9.90 Å². The maximum Gasteiger partial charge on any atom is 0.255 e. The Kier molecular flexibility index (Phi) is 5.64. The molecule has 2 atom stereocenters. The molecule has 1 fully saturated rings. The molecule has 6 heteroatoms. The first-order valence-electron chi connectivity index (χ1n) is 7.68. The summed E-state index contributed by atoms with van der Waals surface area (Å²) in [6, 6.07) is 1.60.